The Bertz CT molecular complexity index is 590. The van der Waals surface area contributed by atoms with E-state index in [9.17, 15) is 4.39 Å². The Hall–Kier alpha value is -1.55. The van der Waals surface area contributed by atoms with Crippen molar-refractivity contribution in [1.82, 2.24) is 9.97 Å². The first-order chi connectivity index (χ1) is 7.56. The first-order valence-corrected chi connectivity index (χ1v) is 5.31. The highest BCUT2D eigenvalue weighted by Gasteiger charge is 2.05. The van der Waals surface area contributed by atoms with Gasteiger partial charge in [0.05, 0.1) is 0 Å². The number of nitrogens with zero attached hydrogens (tertiary/aromatic N) is 1. The van der Waals surface area contributed by atoms with Gasteiger partial charge in [0.2, 0.25) is 0 Å². The van der Waals surface area contributed by atoms with E-state index in [1.165, 1.54) is 12.1 Å². The van der Waals surface area contributed by atoms with E-state index in [1.54, 1.807) is 12.1 Å². The number of aromatic amines is 1. The maximum absolute atomic E-state index is 13.0. The molecule has 2 rings (SSSR count). The topological polar surface area (TPSA) is 28.7 Å². The molecule has 2 aromatic rings. The van der Waals surface area contributed by atoms with Crippen LogP contribution in [-0.4, -0.2) is 9.97 Å². The smallest absolute Gasteiger partial charge is 0.139 e. The van der Waals surface area contributed by atoms with Gasteiger partial charge < -0.3 is 4.98 Å². The van der Waals surface area contributed by atoms with Crippen molar-refractivity contribution < 1.29 is 4.39 Å². The number of benzene rings is 1. The molecule has 0 aliphatic rings. The summed E-state index contributed by atoms with van der Waals surface area (Å²) in [5, 5.41) is 0. The van der Waals surface area contributed by atoms with Gasteiger partial charge in [0.25, 0.3) is 0 Å². The Balaban J connectivity index is 2.63. The first-order valence-electron chi connectivity index (χ1n) is 4.91. The quantitative estimate of drug-likeness (QED) is 0.764. The molecule has 0 unspecified atom stereocenters. The van der Waals surface area contributed by atoms with Crippen LogP contribution >= 0.6 is 12.2 Å². The van der Waals surface area contributed by atoms with E-state index in [0.29, 0.717) is 10.5 Å². The minimum atomic E-state index is -0.243. The molecular formula is C12H11FN2S. The number of H-pyrrole nitrogens is 1. The van der Waals surface area contributed by atoms with Crippen LogP contribution in [0.1, 0.15) is 11.3 Å². The Morgan fingerprint density at radius 2 is 2.00 bits per heavy atom. The molecule has 1 heterocycles. The predicted octanol–water partition coefficient (Wildman–Crippen LogP) is 3.56. The van der Waals surface area contributed by atoms with Crippen molar-refractivity contribution in [2.75, 3.05) is 0 Å². The molecule has 0 bridgehead atoms. The molecule has 0 radical (unpaired) electrons. The van der Waals surface area contributed by atoms with Crippen molar-refractivity contribution in [2.24, 2.45) is 0 Å². The molecule has 0 spiro atoms. The molecule has 0 saturated heterocycles. The standard InChI is InChI=1S/C12H11FN2S/c1-7-5-9(13)3-4-10(7)12-14-8(2)6-11(16)15-12/h3-6H,1-2H3,(H,14,15,16). The van der Waals surface area contributed by atoms with Gasteiger partial charge in [-0.25, -0.2) is 9.37 Å². The minimum absolute atomic E-state index is 0.243. The second kappa shape index (κ2) is 4.14. The van der Waals surface area contributed by atoms with Crippen molar-refractivity contribution in [3.63, 3.8) is 0 Å². The van der Waals surface area contributed by atoms with Crippen LogP contribution in [-0.2, 0) is 0 Å². The van der Waals surface area contributed by atoms with Gasteiger partial charge in [-0.15, -0.1) is 0 Å². The molecule has 0 amide bonds. The molecule has 16 heavy (non-hydrogen) atoms. The predicted molar refractivity (Wildman–Crippen MR) is 64.3 cm³/mol. The molecule has 0 fully saturated rings. The fourth-order valence-electron chi connectivity index (χ4n) is 1.60. The summed E-state index contributed by atoms with van der Waals surface area (Å²) in [5.41, 5.74) is 2.65. The number of halogens is 1. The van der Waals surface area contributed by atoms with Gasteiger partial charge in [0.15, 0.2) is 0 Å². The Kier molecular flexibility index (Phi) is 2.83. The Labute approximate surface area is 98.2 Å². The second-order valence-electron chi connectivity index (χ2n) is 3.71. The van der Waals surface area contributed by atoms with Crippen LogP contribution < -0.4 is 0 Å². The van der Waals surface area contributed by atoms with Gasteiger partial charge >= 0.3 is 0 Å². The third kappa shape index (κ3) is 2.17. The zero-order chi connectivity index (χ0) is 11.7. The van der Waals surface area contributed by atoms with Crippen molar-refractivity contribution in [2.45, 2.75) is 13.8 Å². The van der Waals surface area contributed by atoms with E-state index in [2.05, 4.69) is 9.97 Å². The SMILES string of the molecule is Cc1cc(=S)nc(-c2ccc(F)cc2C)[nH]1. The zero-order valence-electron chi connectivity index (χ0n) is 9.04. The average molecular weight is 234 g/mol. The normalized spacial score (nSPS) is 10.4. The molecule has 0 atom stereocenters. The molecule has 1 aromatic carbocycles. The highest BCUT2D eigenvalue weighted by atomic mass is 32.1. The fourth-order valence-corrected chi connectivity index (χ4v) is 1.87. The van der Waals surface area contributed by atoms with E-state index in [1.807, 2.05) is 13.8 Å². The number of rotatable bonds is 1. The fraction of sp³-hybridized carbons (Fsp3) is 0.167. The summed E-state index contributed by atoms with van der Waals surface area (Å²) in [7, 11) is 0. The summed E-state index contributed by atoms with van der Waals surface area (Å²) in [6.07, 6.45) is 0. The molecule has 0 aliphatic heterocycles. The first kappa shape index (κ1) is 11.0. The highest BCUT2D eigenvalue weighted by Crippen LogP contribution is 2.20. The van der Waals surface area contributed by atoms with Gasteiger partial charge in [-0.05, 0) is 43.7 Å². The maximum atomic E-state index is 13.0. The lowest BCUT2D eigenvalue weighted by atomic mass is 10.1. The van der Waals surface area contributed by atoms with E-state index in [0.717, 1.165) is 16.8 Å². The lowest BCUT2D eigenvalue weighted by molar-refractivity contribution is 0.627. The number of aromatic nitrogens is 2. The van der Waals surface area contributed by atoms with Crippen LogP contribution in [0.15, 0.2) is 24.3 Å². The maximum Gasteiger partial charge on any atom is 0.139 e. The van der Waals surface area contributed by atoms with Gasteiger partial charge in [0.1, 0.15) is 16.3 Å². The third-order valence-electron chi connectivity index (χ3n) is 2.32. The van der Waals surface area contributed by atoms with E-state index >= 15 is 0 Å². The third-order valence-corrected chi connectivity index (χ3v) is 2.53. The van der Waals surface area contributed by atoms with Crippen LogP contribution in [0.4, 0.5) is 4.39 Å². The molecule has 4 heteroatoms. The Morgan fingerprint density at radius 3 is 2.62 bits per heavy atom. The molecule has 1 N–H and O–H groups in total. The Morgan fingerprint density at radius 1 is 1.25 bits per heavy atom. The lowest BCUT2D eigenvalue weighted by Gasteiger charge is -2.06. The zero-order valence-corrected chi connectivity index (χ0v) is 9.86. The molecule has 0 aliphatic carbocycles. The summed E-state index contributed by atoms with van der Waals surface area (Å²) in [5.74, 6) is 0.440. The number of aryl methyl sites for hydroxylation is 2. The molecule has 2 nitrogen and oxygen atoms in total. The number of hydrogen-bond acceptors (Lipinski definition) is 2. The lowest BCUT2D eigenvalue weighted by Crippen LogP contribution is -1.94. The van der Waals surface area contributed by atoms with Crippen molar-refractivity contribution >= 4 is 12.2 Å². The summed E-state index contributed by atoms with van der Waals surface area (Å²) >= 11 is 5.05. The largest absolute Gasteiger partial charge is 0.343 e. The average Bonchev–Trinajstić information content (AvgIpc) is 2.15. The van der Waals surface area contributed by atoms with Gasteiger partial charge in [-0.2, -0.15) is 0 Å². The summed E-state index contributed by atoms with van der Waals surface area (Å²) in [6, 6.07) is 6.40. The monoisotopic (exact) mass is 234 g/mol. The summed E-state index contributed by atoms with van der Waals surface area (Å²) in [4.78, 5) is 7.36. The van der Waals surface area contributed by atoms with Crippen molar-refractivity contribution in [3.05, 3.63) is 46.0 Å². The molecule has 82 valence electrons. The van der Waals surface area contributed by atoms with Crippen LogP contribution in [0.25, 0.3) is 11.4 Å². The molecular weight excluding hydrogens is 223 g/mol. The molecule has 1 aromatic heterocycles. The minimum Gasteiger partial charge on any atom is -0.343 e. The van der Waals surface area contributed by atoms with Gasteiger partial charge in [-0.1, -0.05) is 12.2 Å². The van der Waals surface area contributed by atoms with Gasteiger partial charge in [0, 0.05) is 11.3 Å². The highest BCUT2D eigenvalue weighted by molar-refractivity contribution is 7.71. The van der Waals surface area contributed by atoms with E-state index in [-0.39, 0.29) is 5.82 Å². The van der Waals surface area contributed by atoms with Gasteiger partial charge in [-0.3, -0.25) is 0 Å². The summed E-state index contributed by atoms with van der Waals surface area (Å²) in [6.45, 7) is 3.76. The number of nitrogens with one attached hydrogen (secondary N) is 1. The van der Waals surface area contributed by atoms with Crippen LogP contribution in [0, 0.1) is 24.3 Å². The van der Waals surface area contributed by atoms with E-state index in [4.69, 9.17) is 12.2 Å². The van der Waals surface area contributed by atoms with Crippen molar-refractivity contribution in [3.8, 4) is 11.4 Å². The summed E-state index contributed by atoms with van der Waals surface area (Å²) < 4.78 is 13.5. The van der Waals surface area contributed by atoms with Crippen LogP contribution in [0.3, 0.4) is 0 Å². The van der Waals surface area contributed by atoms with E-state index < -0.39 is 0 Å². The van der Waals surface area contributed by atoms with Crippen LogP contribution in [0.2, 0.25) is 0 Å². The molecule has 0 saturated carbocycles. The second-order valence-corrected chi connectivity index (χ2v) is 4.13. The van der Waals surface area contributed by atoms with Crippen molar-refractivity contribution in [1.29, 1.82) is 0 Å². The van der Waals surface area contributed by atoms with Crippen LogP contribution in [0.5, 0.6) is 0 Å². The number of hydrogen-bond donors (Lipinski definition) is 1.